The van der Waals surface area contributed by atoms with Crippen LogP contribution in [-0.4, -0.2) is 36.5 Å². The lowest BCUT2D eigenvalue weighted by Crippen LogP contribution is -2.48. The second-order valence-corrected chi connectivity index (χ2v) is 6.83. The van der Waals surface area contributed by atoms with Gasteiger partial charge < -0.3 is 14.6 Å². The van der Waals surface area contributed by atoms with Gasteiger partial charge in [-0.3, -0.25) is 4.99 Å². The van der Waals surface area contributed by atoms with Crippen molar-refractivity contribution in [2.45, 2.75) is 57.9 Å². The van der Waals surface area contributed by atoms with E-state index in [4.69, 9.17) is 9.41 Å². The first-order chi connectivity index (χ1) is 10.8. The van der Waals surface area contributed by atoms with Crippen LogP contribution in [0.25, 0.3) is 0 Å². The van der Waals surface area contributed by atoms with Crippen LogP contribution in [0.3, 0.4) is 0 Å². The van der Waals surface area contributed by atoms with Gasteiger partial charge in [-0.2, -0.15) is 0 Å². The van der Waals surface area contributed by atoms with Crippen molar-refractivity contribution in [3.63, 3.8) is 0 Å². The topological polar surface area (TPSA) is 40.8 Å². The molecule has 1 aliphatic carbocycles. The largest absolute Gasteiger partial charge is 0.469 e. The van der Waals surface area contributed by atoms with Gasteiger partial charge in [0.2, 0.25) is 0 Å². The van der Waals surface area contributed by atoms with Gasteiger partial charge in [-0.15, -0.1) is 24.0 Å². The highest BCUT2D eigenvalue weighted by molar-refractivity contribution is 14.0. The van der Waals surface area contributed by atoms with E-state index in [0.717, 1.165) is 43.7 Å². The standard InChI is InChI=1S/C18H29N3O.HI/c1-15-9-12-21(13-10-15)18(20-16-5-2-3-6-16)19-11-8-17-7-4-14-22-17;/h4,7,14-16H,2-3,5-6,8-13H2,1H3,(H,19,20);1H. The first-order valence-electron chi connectivity index (χ1n) is 8.89. The van der Waals surface area contributed by atoms with Gasteiger partial charge in [-0.05, 0) is 43.7 Å². The van der Waals surface area contributed by atoms with E-state index in [2.05, 4.69) is 17.1 Å². The minimum atomic E-state index is 0. The van der Waals surface area contributed by atoms with Crippen LogP contribution in [0.4, 0.5) is 0 Å². The molecule has 2 fully saturated rings. The maximum absolute atomic E-state index is 5.41. The summed E-state index contributed by atoms with van der Waals surface area (Å²) in [6.07, 6.45) is 10.5. The molecule has 1 aromatic rings. The molecule has 1 N–H and O–H groups in total. The van der Waals surface area contributed by atoms with Crippen LogP contribution in [0.5, 0.6) is 0 Å². The maximum Gasteiger partial charge on any atom is 0.194 e. The van der Waals surface area contributed by atoms with Crippen molar-refractivity contribution >= 4 is 29.9 Å². The molecular formula is C18H30IN3O. The zero-order valence-electron chi connectivity index (χ0n) is 14.2. The molecule has 0 bridgehead atoms. The molecule has 3 rings (SSSR count). The summed E-state index contributed by atoms with van der Waals surface area (Å²) in [5, 5.41) is 3.73. The van der Waals surface area contributed by atoms with E-state index in [9.17, 15) is 0 Å². The van der Waals surface area contributed by atoms with Crippen LogP contribution < -0.4 is 5.32 Å². The number of rotatable bonds is 4. The molecule has 4 nitrogen and oxygen atoms in total. The third-order valence-electron chi connectivity index (χ3n) is 4.97. The summed E-state index contributed by atoms with van der Waals surface area (Å²) in [6.45, 7) is 5.44. The second kappa shape index (κ2) is 9.55. The Bertz CT molecular complexity index is 461. The number of furan rings is 1. The third kappa shape index (κ3) is 5.69. The lowest BCUT2D eigenvalue weighted by atomic mass is 9.99. The Kier molecular flexibility index (Phi) is 7.73. The van der Waals surface area contributed by atoms with E-state index in [-0.39, 0.29) is 24.0 Å². The van der Waals surface area contributed by atoms with Crippen LogP contribution in [0, 0.1) is 5.92 Å². The monoisotopic (exact) mass is 431 g/mol. The van der Waals surface area contributed by atoms with Crippen LogP contribution in [0.1, 0.15) is 51.2 Å². The fourth-order valence-corrected chi connectivity index (χ4v) is 3.44. The molecule has 1 aliphatic heterocycles. The minimum Gasteiger partial charge on any atom is -0.469 e. The average Bonchev–Trinajstić information content (AvgIpc) is 3.20. The summed E-state index contributed by atoms with van der Waals surface area (Å²) in [7, 11) is 0. The number of nitrogens with zero attached hydrogens (tertiary/aromatic N) is 2. The number of nitrogens with one attached hydrogen (secondary N) is 1. The molecule has 1 saturated carbocycles. The molecule has 2 heterocycles. The lowest BCUT2D eigenvalue weighted by molar-refractivity contribution is 0.270. The molecule has 0 spiro atoms. The fraction of sp³-hybridized carbons (Fsp3) is 0.722. The lowest BCUT2D eigenvalue weighted by Gasteiger charge is -2.34. The number of likely N-dealkylation sites (tertiary alicyclic amines) is 1. The predicted molar refractivity (Wildman–Crippen MR) is 105 cm³/mol. The number of hydrogen-bond acceptors (Lipinski definition) is 2. The highest BCUT2D eigenvalue weighted by atomic mass is 127. The van der Waals surface area contributed by atoms with Crippen LogP contribution in [0.15, 0.2) is 27.8 Å². The summed E-state index contributed by atoms with van der Waals surface area (Å²) in [5.74, 6) is 3.01. The van der Waals surface area contributed by atoms with Crippen LogP contribution >= 0.6 is 24.0 Å². The average molecular weight is 431 g/mol. The van der Waals surface area contributed by atoms with Crippen LogP contribution in [-0.2, 0) is 6.42 Å². The molecule has 1 saturated heterocycles. The molecule has 23 heavy (non-hydrogen) atoms. The van der Waals surface area contributed by atoms with Gasteiger partial charge in [0.05, 0.1) is 6.26 Å². The number of hydrogen-bond donors (Lipinski definition) is 1. The van der Waals surface area contributed by atoms with Crippen molar-refractivity contribution in [2.24, 2.45) is 10.9 Å². The molecule has 0 aromatic carbocycles. The van der Waals surface area contributed by atoms with E-state index in [1.54, 1.807) is 6.26 Å². The summed E-state index contributed by atoms with van der Waals surface area (Å²) in [5.41, 5.74) is 0. The van der Waals surface area contributed by atoms with Gasteiger partial charge in [0.15, 0.2) is 5.96 Å². The highest BCUT2D eigenvalue weighted by Gasteiger charge is 2.22. The van der Waals surface area contributed by atoms with E-state index >= 15 is 0 Å². The summed E-state index contributed by atoms with van der Waals surface area (Å²) >= 11 is 0. The van der Waals surface area contributed by atoms with Gasteiger partial charge in [0.25, 0.3) is 0 Å². The van der Waals surface area contributed by atoms with Gasteiger partial charge in [0.1, 0.15) is 5.76 Å². The van der Waals surface area contributed by atoms with E-state index in [0.29, 0.717) is 6.04 Å². The van der Waals surface area contributed by atoms with Crippen molar-refractivity contribution in [1.82, 2.24) is 10.2 Å². The number of piperidine rings is 1. The van der Waals surface area contributed by atoms with Gasteiger partial charge >= 0.3 is 0 Å². The molecule has 1 aromatic heterocycles. The SMILES string of the molecule is CC1CCN(C(=NCCc2ccco2)NC2CCCC2)CC1.I. The smallest absolute Gasteiger partial charge is 0.194 e. The van der Waals surface area contributed by atoms with E-state index in [1.807, 2.05) is 12.1 Å². The van der Waals surface area contributed by atoms with Gasteiger partial charge in [-0.25, -0.2) is 0 Å². The first-order valence-corrected chi connectivity index (χ1v) is 8.89. The molecule has 0 atom stereocenters. The zero-order valence-corrected chi connectivity index (χ0v) is 16.5. The van der Waals surface area contributed by atoms with Crippen LogP contribution in [0.2, 0.25) is 0 Å². The molecule has 0 radical (unpaired) electrons. The van der Waals surface area contributed by atoms with Crippen molar-refractivity contribution in [2.75, 3.05) is 19.6 Å². The van der Waals surface area contributed by atoms with Gasteiger partial charge in [-0.1, -0.05) is 19.8 Å². The van der Waals surface area contributed by atoms with Crippen molar-refractivity contribution in [1.29, 1.82) is 0 Å². The first kappa shape index (κ1) is 18.6. The second-order valence-electron chi connectivity index (χ2n) is 6.83. The van der Waals surface area contributed by atoms with Gasteiger partial charge in [0, 0.05) is 32.1 Å². The van der Waals surface area contributed by atoms with Crippen molar-refractivity contribution in [3.8, 4) is 0 Å². The third-order valence-corrected chi connectivity index (χ3v) is 4.97. The zero-order chi connectivity index (χ0) is 15.2. The number of aliphatic imine (C=N–C) groups is 1. The maximum atomic E-state index is 5.41. The number of guanidine groups is 1. The van der Waals surface area contributed by atoms with Crippen molar-refractivity contribution < 1.29 is 4.42 Å². The van der Waals surface area contributed by atoms with E-state index < -0.39 is 0 Å². The fourth-order valence-electron chi connectivity index (χ4n) is 3.44. The van der Waals surface area contributed by atoms with E-state index in [1.165, 1.54) is 38.5 Å². The molecular weight excluding hydrogens is 401 g/mol. The summed E-state index contributed by atoms with van der Waals surface area (Å²) < 4.78 is 5.41. The summed E-state index contributed by atoms with van der Waals surface area (Å²) in [6, 6.07) is 4.60. The Balaban J connectivity index is 0.00000192. The molecule has 0 amide bonds. The Hall–Kier alpha value is -0.720. The Morgan fingerprint density at radius 3 is 2.65 bits per heavy atom. The predicted octanol–water partition coefficient (Wildman–Crippen LogP) is 4.06. The summed E-state index contributed by atoms with van der Waals surface area (Å²) in [4.78, 5) is 7.34. The Morgan fingerprint density at radius 2 is 2.00 bits per heavy atom. The number of halogens is 1. The quantitative estimate of drug-likeness (QED) is 0.444. The normalized spacial score (nSPS) is 20.6. The molecule has 2 aliphatic rings. The Morgan fingerprint density at radius 1 is 1.26 bits per heavy atom. The minimum absolute atomic E-state index is 0. The van der Waals surface area contributed by atoms with Crippen molar-refractivity contribution in [3.05, 3.63) is 24.2 Å². The Labute approximate surface area is 157 Å². The molecule has 130 valence electrons. The molecule has 5 heteroatoms. The molecule has 0 unspecified atom stereocenters. The highest BCUT2D eigenvalue weighted by Crippen LogP contribution is 2.20.